The summed E-state index contributed by atoms with van der Waals surface area (Å²) in [5.74, 6) is 1.61. The van der Waals surface area contributed by atoms with Gasteiger partial charge in [-0.2, -0.15) is 0 Å². The van der Waals surface area contributed by atoms with Crippen molar-refractivity contribution < 1.29 is 4.74 Å². The van der Waals surface area contributed by atoms with Gasteiger partial charge in [0.1, 0.15) is 17.8 Å². The Morgan fingerprint density at radius 1 is 1.53 bits per heavy atom. The molecule has 2 aromatic rings. The molecule has 102 valence electrons. The lowest BCUT2D eigenvalue weighted by Gasteiger charge is -2.35. The topological polar surface area (TPSA) is 94.6 Å². The maximum Gasteiger partial charge on any atom is 0.181 e. The van der Waals surface area contributed by atoms with Crippen molar-refractivity contribution in [1.29, 1.82) is 0 Å². The van der Waals surface area contributed by atoms with E-state index in [9.17, 15) is 0 Å². The van der Waals surface area contributed by atoms with Crippen molar-refractivity contribution >= 4 is 0 Å². The molecule has 7 heteroatoms. The molecule has 19 heavy (non-hydrogen) atoms. The van der Waals surface area contributed by atoms with Crippen LogP contribution in [-0.4, -0.2) is 38.4 Å². The van der Waals surface area contributed by atoms with Crippen LogP contribution < -0.4 is 5.73 Å². The highest BCUT2D eigenvalue weighted by Gasteiger charge is 2.37. The van der Waals surface area contributed by atoms with Gasteiger partial charge in [-0.15, -0.1) is 10.2 Å². The molecular formula is C12H18N6O. The minimum absolute atomic E-state index is 0.282. The van der Waals surface area contributed by atoms with Crippen LogP contribution in [0.1, 0.15) is 25.1 Å². The molecule has 1 fully saturated rings. The minimum Gasteiger partial charge on any atom is -0.383 e. The van der Waals surface area contributed by atoms with Gasteiger partial charge in [-0.25, -0.2) is 4.98 Å². The third kappa shape index (κ3) is 2.15. The van der Waals surface area contributed by atoms with Crippen LogP contribution >= 0.6 is 0 Å². The monoisotopic (exact) mass is 262 g/mol. The summed E-state index contributed by atoms with van der Waals surface area (Å²) in [5.41, 5.74) is 6.82. The van der Waals surface area contributed by atoms with Gasteiger partial charge in [0.25, 0.3) is 0 Å². The Bertz CT molecular complexity index is 556. The predicted octanol–water partition coefficient (Wildman–Crippen LogP) is 0.652. The summed E-state index contributed by atoms with van der Waals surface area (Å²) in [6, 6.07) is 0. The van der Waals surface area contributed by atoms with Gasteiger partial charge in [-0.1, -0.05) is 0 Å². The predicted molar refractivity (Wildman–Crippen MR) is 69.2 cm³/mol. The maximum absolute atomic E-state index is 6.25. The van der Waals surface area contributed by atoms with E-state index in [1.807, 2.05) is 4.57 Å². The number of hydrogen-bond acceptors (Lipinski definition) is 5. The van der Waals surface area contributed by atoms with Gasteiger partial charge in [0, 0.05) is 13.7 Å². The number of rotatable bonds is 5. The van der Waals surface area contributed by atoms with E-state index < -0.39 is 0 Å². The second-order valence-electron chi connectivity index (χ2n) is 5.00. The molecule has 0 atom stereocenters. The number of nitrogens with one attached hydrogen (secondary N) is 1. The molecule has 0 bridgehead atoms. The highest BCUT2D eigenvalue weighted by Crippen LogP contribution is 2.37. The van der Waals surface area contributed by atoms with E-state index in [1.54, 1.807) is 19.6 Å². The quantitative estimate of drug-likeness (QED) is 0.825. The summed E-state index contributed by atoms with van der Waals surface area (Å²) >= 11 is 0. The number of ether oxygens (including phenoxy) is 1. The Morgan fingerprint density at radius 2 is 2.37 bits per heavy atom. The highest BCUT2D eigenvalue weighted by molar-refractivity contribution is 5.48. The van der Waals surface area contributed by atoms with Crippen LogP contribution in [0.3, 0.4) is 0 Å². The Hall–Kier alpha value is -1.73. The van der Waals surface area contributed by atoms with Crippen LogP contribution in [0.25, 0.3) is 11.5 Å². The Balaban J connectivity index is 1.84. The zero-order valence-electron chi connectivity index (χ0n) is 11.0. The minimum atomic E-state index is -0.282. The first-order chi connectivity index (χ1) is 9.23. The summed E-state index contributed by atoms with van der Waals surface area (Å²) in [5, 5.41) is 8.06. The van der Waals surface area contributed by atoms with Gasteiger partial charge in [0.2, 0.25) is 0 Å². The van der Waals surface area contributed by atoms with Gasteiger partial charge < -0.3 is 20.0 Å². The lowest BCUT2D eigenvalue weighted by atomic mass is 9.77. The Labute approximate surface area is 111 Å². The first kappa shape index (κ1) is 12.3. The molecule has 3 N–H and O–H groups in total. The van der Waals surface area contributed by atoms with Crippen LogP contribution in [0.4, 0.5) is 0 Å². The van der Waals surface area contributed by atoms with Gasteiger partial charge >= 0.3 is 0 Å². The second-order valence-corrected chi connectivity index (χ2v) is 5.00. The number of methoxy groups -OCH3 is 1. The average molecular weight is 262 g/mol. The zero-order chi connectivity index (χ0) is 13.3. The smallest absolute Gasteiger partial charge is 0.181 e. The summed E-state index contributed by atoms with van der Waals surface area (Å²) < 4.78 is 7.01. The lowest BCUT2D eigenvalue weighted by Crippen LogP contribution is -2.44. The highest BCUT2D eigenvalue weighted by atomic mass is 16.5. The number of aromatic amines is 1. The molecule has 0 aromatic carbocycles. The largest absolute Gasteiger partial charge is 0.383 e. The van der Waals surface area contributed by atoms with Crippen molar-refractivity contribution in [2.45, 2.75) is 31.3 Å². The van der Waals surface area contributed by atoms with E-state index in [0.717, 1.165) is 36.6 Å². The first-order valence-corrected chi connectivity index (χ1v) is 6.44. The SMILES string of the molecule is COCCn1cnnc1-c1cnc(C2(N)CCC2)[nH]1. The van der Waals surface area contributed by atoms with E-state index >= 15 is 0 Å². The molecule has 0 amide bonds. The van der Waals surface area contributed by atoms with E-state index in [1.165, 1.54) is 0 Å². The number of nitrogens with zero attached hydrogens (tertiary/aromatic N) is 4. The van der Waals surface area contributed by atoms with Crippen LogP contribution in [-0.2, 0) is 16.8 Å². The second kappa shape index (κ2) is 4.75. The molecule has 0 aliphatic heterocycles. The van der Waals surface area contributed by atoms with Crippen molar-refractivity contribution in [2.24, 2.45) is 5.73 Å². The molecule has 1 aliphatic rings. The fraction of sp³-hybridized carbons (Fsp3) is 0.583. The van der Waals surface area contributed by atoms with Gasteiger partial charge in [0.15, 0.2) is 5.82 Å². The molecule has 1 aliphatic carbocycles. The van der Waals surface area contributed by atoms with Gasteiger partial charge in [-0.05, 0) is 19.3 Å². The van der Waals surface area contributed by atoms with Crippen molar-refractivity contribution in [2.75, 3.05) is 13.7 Å². The molecule has 2 heterocycles. The van der Waals surface area contributed by atoms with Crippen molar-refractivity contribution in [3.63, 3.8) is 0 Å². The molecule has 3 rings (SSSR count). The Morgan fingerprint density at radius 3 is 3.05 bits per heavy atom. The van der Waals surface area contributed by atoms with Crippen molar-refractivity contribution in [3.8, 4) is 11.5 Å². The third-order valence-electron chi connectivity index (χ3n) is 3.69. The number of imidazole rings is 1. The van der Waals surface area contributed by atoms with E-state index in [2.05, 4.69) is 20.2 Å². The number of nitrogens with two attached hydrogens (primary N) is 1. The standard InChI is InChI=1S/C12H18N6O/c1-19-6-5-18-8-15-17-10(18)9-7-14-11(16-9)12(13)3-2-4-12/h7-8H,2-6,13H2,1H3,(H,14,16). The molecule has 0 spiro atoms. The molecule has 0 unspecified atom stereocenters. The summed E-state index contributed by atoms with van der Waals surface area (Å²) in [7, 11) is 1.67. The van der Waals surface area contributed by atoms with Crippen LogP contribution in [0.2, 0.25) is 0 Å². The average Bonchev–Trinajstić information content (AvgIpc) is 3.01. The summed E-state index contributed by atoms with van der Waals surface area (Å²) in [6.07, 6.45) is 6.59. The maximum atomic E-state index is 6.25. The fourth-order valence-electron chi connectivity index (χ4n) is 2.30. The normalized spacial score (nSPS) is 17.4. The lowest BCUT2D eigenvalue weighted by molar-refractivity contribution is 0.187. The number of hydrogen-bond donors (Lipinski definition) is 2. The number of H-pyrrole nitrogens is 1. The molecular weight excluding hydrogens is 244 g/mol. The molecule has 2 aromatic heterocycles. The van der Waals surface area contributed by atoms with Gasteiger partial charge in [0.05, 0.1) is 18.3 Å². The molecule has 7 nitrogen and oxygen atoms in total. The van der Waals surface area contributed by atoms with Gasteiger partial charge in [-0.3, -0.25) is 0 Å². The van der Waals surface area contributed by atoms with E-state index in [-0.39, 0.29) is 5.54 Å². The molecule has 0 radical (unpaired) electrons. The van der Waals surface area contributed by atoms with E-state index in [4.69, 9.17) is 10.5 Å². The van der Waals surface area contributed by atoms with Crippen LogP contribution in [0.5, 0.6) is 0 Å². The summed E-state index contributed by atoms with van der Waals surface area (Å²) in [6.45, 7) is 1.33. The molecule has 0 saturated heterocycles. The first-order valence-electron chi connectivity index (χ1n) is 6.44. The zero-order valence-corrected chi connectivity index (χ0v) is 11.0. The van der Waals surface area contributed by atoms with Crippen LogP contribution in [0, 0.1) is 0 Å². The van der Waals surface area contributed by atoms with E-state index in [0.29, 0.717) is 13.2 Å². The van der Waals surface area contributed by atoms with Crippen molar-refractivity contribution in [1.82, 2.24) is 24.7 Å². The third-order valence-corrected chi connectivity index (χ3v) is 3.69. The van der Waals surface area contributed by atoms with Crippen LogP contribution in [0.15, 0.2) is 12.5 Å². The number of aromatic nitrogens is 5. The summed E-state index contributed by atoms with van der Waals surface area (Å²) in [4.78, 5) is 7.67. The fourth-order valence-corrected chi connectivity index (χ4v) is 2.30. The molecule has 1 saturated carbocycles. The Kier molecular flexibility index (Phi) is 3.08. The van der Waals surface area contributed by atoms with Crippen molar-refractivity contribution in [3.05, 3.63) is 18.3 Å².